The highest BCUT2D eigenvalue weighted by Crippen LogP contribution is 2.37. The maximum Gasteiger partial charge on any atom is 0.294 e. The molecule has 2 heterocycles. The van der Waals surface area contributed by atoms with Gasteiger partial charge in [0, 0.05) is 13.1 Å². The molecule has 2 saturated heterocycles. The van der Waals surface area contributed by atoms with E-state index in [1.165, 1.54) is 26.0 Å². The second-order valence-corrected chi connectivity index (χ2v) is 8.80. The van der Waals surface area contributed by atoms with Gasteiger partial charge < -0.3 is 14.7 Å². The number of amides is 3. The number of phenols is 1. The monoisotopic (exact) mass is 416 g/mol. The summed E-state index contributed by atoms with van der Waals surface area (Å²) in [5.41, 5.74) is 0.625. The molecule has 4 rings (SSSR count). The van der Waals surface area contributed by atoms with E-state index in [1.807, 2.05) is 4.90 Å². The molecule has 1 saturated carbocycles. The molecule has 2 unspecified atom stereocenters. The van der Waals surface area contributed by atoms with Gasteiger partial charge in [-0.2, -0.15) is 0 Å². The summed E-state index contributed by atoms with van der Waals surface area (Å²) in [6, 6.07) is 4.68. The van der Waals surface area contributed by atoms with Crippen molar-refractivity contribution in [2.45, 2.75) is 25.7 Å². The smallest absolute Gasteiger partial charge is 0.294 e. The molecular weight excluding hydrogens is 392 g/mol. The molecule has 0 bridgehead atoms. The van der Waals surface area contributed by atoms with Gasteiger partial charge in [0.1, 0.15) is 6.54 Å². The number of methoxy groups -OCH3 is 1. The van der Waals surface area contributed by atoms with Crippen molar-refractivity contribution in [2.75, 3.05) is 26.7 Å². The van der Waals surface area contributed by atoms with Crippen molar-refractivity contribution in [1.29, 1.82) is 0 Å². The van der Waals surface area contributed by atoms with Gasteiger partial charge in [0.2, 0.25) is 5.91 Å². The molecule has 8 heteroatoms. The molecule has 154 valence electrons. The van der Waals surface area contributed by atoms with Crippen LogP contribution in [0.5, 0.6) is 11.5 Å². The fourth-order valence-electron chi connectivity index (χ4n) is 4.42. The van der Waals surface area contributed by atoms with E-state index in [9.17, 15) is 19.5 Å². The van der Waals surface area contributed by atoms with Crippen LogP contribution in [0.3, 0.4) is 0 Å². The fraction of sp³-hybridized carbons (Fsp3) is 0.476. The van der Waals surface area contributed by atoms with Gasteiger partial charge in [-0.3, -0.25) is 19.3 Å². The lowest BCUT2D eigenvalue weighted by atomic mass is 9.82. The molecule has 0 spiro atoms. The van der Waals surface area contributed by atoms with E-state index in [0.717, 1.165) is 42.6 Å². The van der Waals surface area contributed by atoms with E-state index in [0.29, 0.717) is 17.4 Å². The van der Waals surface area contributed by atoms with E-state index in [2.05, 4.69) is 0 Å². The SMILES string of the molecule is COc1cc(C=C2SC(=O)N(CC(=O)N3CC4CCCCC4C3)C2=O)ccc1O. The van der Waals surface area contributed by atoms with Gasteiger partial charge in [-0.25, -0.2) is 0 Å². The molecule has 1 N–H and O–H groups in total. The highest BCUT2D eigenvalue weighted by atomic mass is 32.2. The Labute approximate surface area is 173 Å². The number of thioether (sulfide) groups is 1. The van der Waals surface area contributed by atoms with Gasteiger partial charge in [0.05, 0.1) is 12.0 Å². The predicted molar refractivity (Wildman–Crippen MR) is 109 cm³/mol. The van der Waals surface area contributed by atoms with Crippen LogP contribution in [0, 0.1) is 11.8 Å². The number of ether oxygens (including phenoxy) is 1. The van der Waals surface area contributed by atoms with Crippen molar-refractivity contribution >= 4 is 34.9 Å². The van der Waals surface area contributed by atoms with Crippen LogP contribution in [0.4, 0.5) is 4.79 Å². The number of benzene rings is 1. The number of hydrogen-bond acceptors (Lipinski definition) is 6. The predicted octanol–water partition coefficient (Wildman–Crippen LogP) is 3.09. The first-order valence-corrected chi connectivity index (χ1v) is 10.7. The molecular formula is C21H24N2O5S. The number of imide groups is 1. The van der Waals surface area contributed by atoms with Crippen LogP contribution >= 0.6 is 11.8 Å². The summed E-state index contributed by atoms with van der Waals surface area (Å²) < 4.78 is 5.07. The van der Waals surface area contributed by atoms with E-state index in [1.54, 1.807) is 18.2 Å². The molecule has 1 aromatic carbocycles. The van der Waals surface area contributed by atoms with Crippen LogP contribution in [0.2, 0.25) is 0 Å². The number of phenolic OH excluding ortho intramolecular Hbond substituents is 1. The number of aromatic hydroxyl groups is 1. The number of hydrogen-bond donors (Lipinski definition) is 1. The van der Waals surface area contributed by atoms with Gasteiger partial charge in [-0.05, 0) is 60.2 Å². The normalized spacial score (nSPS) is 25.6. The zero-order valence-electron chi connectivity index (χ0n) is 16.3. The highest BCUT2D eigenvalue weighted by Gasteiger charge is 2.40. The molecule has 2 atom stereocenters. The topological polar surface area (TPSA) is 87.2 Å². The van der Waals surface area contributed by atoms with Crippen LogP contribution in [0.25, 0.3) is 6.08 Å². The summed E-state index contributed by atoms with van der Waals surface area (Å²) in [5, 5.41) is 9.26. The highest BCUT2D eigenvalue weighted by molar-refractivity contribution is 8.18. The first kappa shape index (κ1) is 19.8. The molecule has 1 aromatic rings. The van der Waals surface area contributed by atoms with Crippen molar-refractivity contribution in [3.05, 3.63) is 28.7 Å². The van der Waals surface area contributed by atoms with Crippen LogP contribution in [-0.4, -0.2) is 58.7 Å². The quantitative estimate of drug-likeness (QED) is 0.759. The standard InChI is InChI=1S/C21H24N2O5S/c1-28-17-8-13(6-7-16(17)24)9-18-20(26)23(21(27)29-18)12-19(25)22-10-14-4-2-3-5-15(14)11-22/h6-9,14-15,24H,2-5,10-12H2,1H3. The van der Waals surface area contributed by atoms with Crippen molar-refractivity contribution in [2.24, 2.45) is 11.8 Å². The summed E-state index contributed by atoms with van der Waals surface area (Å²) in [5.74, 6) is 0.781. The van der Waals surface area contributed by atoms with E-state index in [-0.39, 0.29) is 28.9 Å². The fourth-order valence-corrected chi connectivity index (χ4v) is 5.25. The Morgan fingerprint density at radius 2 is 1.93 bits per heavy atom. The Balaban J connectivity index is 1.44. The Morgan fingerprint density at radius 1 is 1.24 bits per heavy atom. The molecule has 0 radical (unpaired) electrons. The lowest BCUT2D eigenvalue weighted by Gasteiger charge is -2.22. The summed E-state index contributed by atoms with van der Waals surface area (Å²) in [6.07, 6.45) is 6.34. The van der Waals surface area contributed by atoms with Gasteiger partial charge in [-0.1, -0.05) is 18.9 Å². The van der Waals surface area contributed by atoms with Gasteiger partial charge >= 0.3 is 0 Å². The minimum atomic E-state index is -0.461. The number of likely N-dealkylation sites (tertiary alicyclic amines) is 1. The van der Waals surface area contributed by atoms with Gasteiger partial charge in [0.25, 0.3) is 11.1 Å². The molecule has 1 aliphatic carbocycles. The summed E-state index contributed by atoms with van der Waals surface area (Å²) in [7, 11) is 1.44. The Kier molecular flexibility index (Phi) is 5.54. The van der Waals surface area contributed by atoms with Gasteiger partial charge in [0.15, 0.2) is 11.5 Å². The zero-order chi connectivity index (χ0) is 20.5. The van der Waals surface area contributed by atoms with Crippen LogP contribution < -0.4 is 4.74 Å². The molecule has 29 heavy (non-hydrogen) atoms. The lowest BCUT2D eigenvalue weighted by Crippen LogP contribution is -2.41. The largest absolute Gasteiger partial charge is 0.504 e. The third-order valence-corrected chi connectivity index (χ3v) is 6.90. The van der Waals surface area contributed by atoms with Crippen molar-refractivity contribution in [3.8, 4) is 11.5 Å². The Bertz CT molecular complexity index is 870. The van der Waals surface area contributed by atoms with E-state index in [4.69, 9.17) is 4.74 Å². The van der Waals surface area contributed by atoms with Gasteiger partial charge in [-0.15, -0.1) is 0 Å². The van der Waals surface area contributed by atoms with Crippen molar-refractivity contribution in [1.82, 2.24) is 9.80 Å². The minimum absolute atomic E-state index is 0.00506. The van der Waals surface area contributed by atoms with Crippen molar-refractivity contribution < 1.29 is 24.2 Å². The van der Waals surface area contributed by atoms with E-state index >= 15 is 0 Å². The van der Waals surface area contributed by atoms with Crippen LogP contribution in [0.1, 0.15) is 31.2 Å². The number of rotatable bonds is 4. The second kappa shape index (κ2) is 8.10. The molecule has 3 fully saturated rings. The third-order valence-electron chi connectivity index (χ3n) is 6.00. The summed E-state index contributed by atoms with van der Waals surface area (Å²) in [4.78, 5) is 40.9. The Morgan fingerprint density at radius 3 is 2.59 bits per heavy atom. The number of nitrogens with zero attached hydrogens (tertiary/aromatic N) is 2. The second-order valence-electron chi connectivity index (χ2n) is 7.80. The maximum absolute atomic E-state index is 12.7. The van der Waals surface area contributed by atoms with Crippen molar-refractivity contribution in [3.63, 3.8) is 0 Å². The number of carbonyl (C=O) groups excluding carboxylic acids is 3. The first-order valence-electron chi connectivity index (χ1n) is 9.86. The van der Waals surface area contributed by atoms with E-state index < -0.39 is 11.1 Å². The van der Waals surface area contributed by atoms with Crippen LogP contribution in [0.15, 0.2) is 23.1 Å². The minimum Gasteiger partial charge on any atom is -0.504 e. The summed E-state index contributed by atoms with van der Waals surface area (Å²) >= 11 is 0.823. The number of fused-ring (bicyclic) bond motifs is 1. The molecule has 3 amide bonds. The zero-order valence-corrected chi connectivity index (χ0v) is 17.1. The van der Waals surface area contributed by atoms with Crippen LogP contribution in [-0.2, 0) is 9.59 Å². The molecule has 0 aromatic heterocycles. The molecule has 2 aliphatic heterocycles. The molecule has 7 nitrogen and oxygen atoms in total. The lowest BCUT2D eigenvalue weighted by molar-refractivity contribution is -0.135. The maximum atomic E-state index is 12.7. The summed E-state index contributed by atoms with van der Waals surface area (Å²) in [6.45, 7) is 1.27. The first-order chi connectivity index (χ1) is 14.0. The molecule has 3 aliphatic rings. The third kappa shape index (κ3) is 3.99. The number of carbonyl (C=O) groups is 3. The average Bonchev–Trinajstić information content (AvgIpc) is 3.26. The average molecular weight is 416 g/mol. The Hall–Kier alpha value is -2.48.